The molecular formula is C24H17ClFNO4. The molecule has 31 heavy (non-hydrogen) atoms. The lowest BCUT2D eigenvalue weighted by Crippen LogP contribution is -2.29. The highest BCUT2D eigenvalue weighted by Gasteiger charge is 2.47. The second-order valence-electron chi connectivity index (χ2n) is 6.90. The van der Waals surface area contributed by atoms with Crippen molar-refractivity contribution < 1.29 is 23.8 Å². The number of rotatable bonds is 4. The van der Waals surface area contributed by atoms with Crippen molar-refractivity contribution in [3.63, 3.8) is 0 Å². The van der Waals surface area contributed by atoms with E-state index < -0.39 is 29.3 Å². The minimum Gasteiger partial charge on any atom is -0.507 e. The average molecular weight is 438 g/mol. The van der Waals surface area contributed by atoms with Crippen LogP contribution in [-0.2, 0) is 9.59 Å². The van der Waals surface area contributed by atoms with Gasteiger partial charge in [-0.05, 0) is 42.5 Å². The molecule has 0 saturated carbocycles. The molecule has 0 spiro atoms. The van der Waals surface area contributed by atoms with Gasteiger partial charge in [0, 0.05) is 21.8 Å². The lowest BCUT2D eigenvalue weighted by molar-refractivity contribution is -0.132. The van der Waals surface area contributed by atoms with Gasteiger partial charge in [-0.15, -0.1) is 0 Å². The topological polar surface area (TPSA) is 66.8 Å². The molecule has 1 fully saturated rings. The summed E-state index contributed by atoms with van der Waals surface area (Å²) >= 11 is 6.02. The third kappa shape index (κ3) is 3.66. The predicted octanol–water partition coefficient (Wildman–Crippen LogP) is 5.11. The molecule has 1 heterocycles. The summed E-state index contributed by atoms with van der Waals surface area (Å²) in [5.41, 5.74) is 0.483. The Hall–Kier alpha value is -3.64. The van der Waals surface area contributed by atoms with Gasteiger partial charge in [0.25, 0.3) is 11.7 Å². The normalized spacial score (nSPS) is 17.8. The fourth-order valence-electron chi connectivity index (χ4n) is 3.62. The second-order valence-corrected chi connectivity index (χ2v) is 7.34. The number of hydrogen-bond acceptors (Lipinski definition) is 4. The summed E-state index contributed by atoms with van der Waals surface area (Å²) in [6.45, 7) is 0. The maximum absolute atomic E-state index is 14.8. The molecule has 0 aliphatic carbocycles. The summed E-state index contributed by atoms with van der Waals surface area (Å²) in [7, 11) is 1.51. The summed E-state index contributed by atoms with van der Waals surface area (Å²) < 4.78 is 20.0. The van der Waals surface area contributed by atoms with E-state index in [4.69, 9.17) is 16.3 Å². The van der Waals surface area contributed by atoms with Gasteiger partial charge in [-0.3, -0.25) is 14.5 Å². The Labute approximate surface area is 182 Å². The first-order chi connectivity index (χ1) is 14.9. The Morgan fingerprint density at radius 1 is 1.03 bits per heavy atom. The second kappa shape index (κ2) is 8.24. The van der Waals surface area contributed by atoms with E-state index >= 15 is 0 Å². The molecule has 3 aromatic rings. The molecule has 1 aliphatic rings. The van der Waals surface area contributed by atoms with Crippen LogP contribution in [-0.4, -0.2) is 23.9 Å². The first kappa shape index (κ1) is 20.6. The quantitative estimate of drug-likeness (QED) is 0.350. The van der Waals surface area contributed by atoms with E-state index in [9.17, 15) is 19.1 Å². The third-order valence-corrected chi connectivity index (χ3v) is 5.33. The van der Waals surface area contributed by atoms with Crippen molar-refractivity contribution >= 4 is 34.7 Å². The molecule has 0 aromatic heterocycles. The van der Waals surface area contributed by atoms with Gasteiger partial charge < -0.3 is 9.84 Å². The number of benzene rings is 3. The summed E-state index contributed by atoms with van der Waals surface area (Å²) in [5, 5.41) is 11.3. The average Bonchev–Trinajstić information content (AvgIpc) is 3.04. The Morgan fingerprint density at radius 2 is 1.74 bits per heavy atom. The summed E-state index contributed by atoms with van der Waals surface area (Å²) in [6, 6.07) is 17.4. The van der Waals surface area contributed by atoms with E-state index in [1.165, 1.54) is 36.3 Å². The van der Waals surface area contributed by atoms with Crippen LogP contribution in [0.2, 0.25) is 5.02 Å². The lowest BCUT2D eigenvalue weighted by Gasteiger charge is -2.25. The number of carbonyl (C=O) groups excluding carboxylic acids is 2. The minimum atomic E-state index is -1.16. The van der Waals surface area contributed by atoms with Gasteiger partial charge in [-0.25, -0.2) is 4.39 Å². The number of aliphatic hydroxyl groups excluding tert-OH is 1. The molecule has 1 aliphatic heterocycles. The van der Waals surface area contributed by atoms with Crippen LogP contribution < -0.4 is 9.64 Å². The van der Waals surface area contributed by atoms with Gasteiger partial charge >= 0.3 is 0 Å². The van der Waals surface area contributed by atoms with Crippen molar-refractivity contribution in [3.05, 3.63) is 100 Å². The van der Waals surface area contributed by atoms with Gasteiger partial charge in [0.15, 0.2) is 0 Å². The summed E-state index contributed by atoms with van der Waals surface area (Å²) in [4.78, 5) is 27.2. The fraction of sp³-hybridized carbons (Fsp3) is 0.0833. The molecule has 7 heteroatoms. The molecule has 0 bridgehead atoms. The van der Waals surface area contributed by atoms with Crippen molar-refractivity contribution in [1.29, 1.82) is 0 Å². The standard InChI is InChI=1S/C24H17ClFNO4/c1-31-17-11-9-16(10-12-17)27-21(18-7-2-3-8-19(18)26)20(23(29)24(27)30)22(28)14-5-4-6-15(25)13-14/h2-13,21,28H,1H3/b22-20-. The highest BCUT2D eigenvalue weighted by molar-refractivity contribution is 6.51. The highest BCUT2D eigenvalue weighted by atomic mass is 35.5. The molecule has 1 saturated heterocycles. The number of amides is 1. The third-order valence-electron chi connectivity index (χ3n) is 5.09. The zero-order valence-corrected chi connectivity index (χ0v) is 17.1. The Balaban J connectivity index is 1.95. The van der Waals surface area contributed by atoms with E-state index in [0.717, 1.165) is 0 Å². The van der Waals surface area contributed by atoms with Crippen LogP contribution >= 0.6 is 11.6 Å². The van der Waals surface area contributed by atoms with Crippen LogP contribution in [0.5, 0.6) is 5.75 Å². The van der Waals surface area contributed by atoms with Crippen molar-refractivity contribution in [2.45, 2.75) is 6.04 Å². The first-order valence-electron chi connectivity index (χ1n) is 9.38. The van der Waals surface area contributed by atoms with Crippen LogP contribution in [0.25, 0.3) is 5.76 Å². The van der Waals surface area contributed by atoms with Gasteiger partial charge in [0.05, 0.1) is 18.7 Å². The molecular weight excluding hydrogens is 421 g/mol. The van der Waals surface area contributed by atoms with Gasteiger partial charge in [-0.1, -0.05) is 41.9 Å². The maximum Gasteiger partial charge on any atom is 0.300 e. The minimum absolute atomic E-state index is 0.0843. The number of methoxy groups -OCH3 is 1. The number of Topliss-reactive ketones (excluding diaryl/α,β-unsaturated/α-hetero) is 1. The Kier molecular flexibility index (Phi) is 5.48. The molecule has 4 rings (SSSR count). The van der Waals surface area contributed by atoms with E-state index in [1.54, 1.807) is 48.5 Å². The van der Waals surface area contributed by atoms with E-state index in [2.05, 4.69) is 0 Å². The molecule has 156 valence electrons. The van der Waals surface area contributed by atoms with Crippen molar-refractivity contribution in [3.8, 4) is 5.75 Å². The largest absolute Gasteiger partial charge is 0.507 e. The summed E-state index contributed by atoms with van der Waals surface area (Å²) in [5.74, 6) is -2.26. The van der Waals surface area contributed by atoms with Crippen molar-refractivity contribution in [1.82, 2.24) is 0 Å². The van der Waals surface area contributed by atoms with Gasteiger partial charge in [-0.2, -0.15) is 0 Å². The molecule has 1 atom stereocenters. The van der Waals surface area contributed by atoms with E-state index in [-0.39, 0.29) is 16.7 Å². The van der Waals surface area contributed by atoms with Gasteiger partial charge in [0.1, 0.15) is 17.3 Å². The number of hydrogen-bond donors (Lipinski definition) is 1. The predicted molar refractivity (Wildman–Crippen MR) is 116 cm³/mol. The molecule has 0 radical (unpaired) electrons. The van der Waals surface area contributed by atoms with Crippen molar-refractivity contribution in [2.24, 2.45) is 0 Å². The van der Waals surface area contributed by atoms with Crippen LogP contribution in [0, 0.1) is 5.82 Å². The molecule has 1 N–H and O–H groups in total. The first-order valence-corrected chi connectivity index (χ1v) is 9.75. The number of aliphatic hydroxyl groups is 1. The zero-order valence-electron chi connectivity index (χ0n) is 16.4. The number of carbonyl (C=O) groups is 2. The molecule has 1 unspecified atom stereocenters. The number of ether oxygens (including phenoxy) is 1. The fourth-order valence-corrected chi connectivity index (χ4v) is 3.81. The van der Waals surface area contributed by atoms with Crippen molar-refractivity contribution in [2.75, 3.05) is 12.0 Å². The Bertz CT molecular complexity index is 1210. The zero-order chi connectivity index (χ0) is 22.1. The van der Waals surface area contributed by atoms with Crippen LogP contribution in [0.15, 0.2) is 78.4 Å². The van der Waals surface area contributed by atoms with Gasteiger partial charge in [0.2, 0.25) is 0 Å². The van der Waals surface area contributed by atoms with Crippen LogP contribution in [0.4, 0.5) is 10.1 Å². The lowest BCUT2D eigenvalue weighted by atomic mass is 9.94. The number of halogens is 2. The summed E-state index contributed by atoms with van der Waals surface area (Å²) in [6.07, 6.45) is 0. The van der Waals surface area contributed by atoms with E-state index in [1.807, 2.05) is 0 Å². The highest BCUT2D eigenvalue weighted by Crippen LogP contribution is 2.43. The maximum atomic E-state index is 14.8. The molecule has 3 aromatic carbocycles. The van der Waals surface area contributed by atoms with E-state index in [0.29, 0.717) is 16.5 Å². The monoisotopic (exact) mass is 437 g/mol. The van der Waals surface area contributed by atoms with Crippen LogP contribution in [0.3, 0.4) is 0 Å². The SMILES string of the molecule is COc1ccc(N2C(=O)C(=O)/C(=C(\O)c3cccc(Cl)c3)C2c2ccccc2F)cc1. The number of anilines is 1. The smallest absolute Gasteiger partial charge is 0.300 e. The van der Waals surface area contributed by atoms with Crippen LogP contribution in [0.1, 0.15) is 17.2 Å². The molecule has 5 nitrogen and oxygen atoms in total. The number of ketones is 1. The molecule has 1 amide bonds. The Morgan fingerprint density at radius 3 is 2.39 bits per heavy atom. The number of nitrogens with zero attached hydrogens (tertiary/aromatic N) is 1.